The van der Waals surface area contributed by atoms with E-state index in [4.69, 9.17) is 5.73 Å². The second-order valence-electron chi connectivity index (χ2n) is 7.68. The molecule has 1 saturated heterocycles. The van der Waals surface area contributed by atoms with Crippen molar-refractivity contribution in [3.05, 3.63) is 78.1 Å². The molecular weight excluding hydrogens is 393 g/mol. The topological polar surface area (TPSA) is 78.2 Å². The molecule has 0 radical (unpaired) electrons. The maximum atomic E-state index is 13.2. The molecule has 1 amide bonds. The van der Waals surface area contributed by atoms with Crippen molar-refractivity contribution < 1.29 is 9.18 Å². The van der Waals surface area contributed by atoms with Gasteiger partial charge in [-0.25, -0.2) is 9.37 Å². The Hall–Kier alpha value is -3.87. The van der Waals surface area contributed by atoms with Crippen LogP contribution >= 0.6 is 0 Å². The zero-order valence-electron chi connectivity index (χ0n) is 16.9. The average Bonchev–Trinajstić information content (AvgIpc) is 3.23. The van der Waals surface area contributed by atoms with Crippen LogP contribution < -0.4 is 15.5 Å². The summed E-state index contributed by atoms with van der Waals surface area (Å²) in [7, 11) is 0. The fourth-order valence-electron chi connectivity index (χ4n) is 4.00. The maximum Gasteiger partial charge on any atom is 0.248 e. The number of hydrogen-bond acceptors (Lipinski definition) is 4. The third kappa shape index (κ3) is 3.82. The van der Waals surface area contributed by atoms with E-state index in [0.717, 1.165) is 60.0 Å². The number of benzene rings is 3. The molecule has 0 aliphatic carbocycles. The Labute approximate surface area is 179 Å². The first-order valence-electron chi connectivity index (χ1n) is 10.2. The van der Waals surface area contributed by atoms with Crippen LogP contribution in [-0.4, -0.2) is 42.1 Å². The molecule has 0 atom stereocenters. The first-order chi connectivity index (χ1) is 15.1. The van der Waals surface area contributed by atoms with Gasteiger partial charge in [0, 0.05) is 48.7 Å². The van der Waals surface area contributed by atoms with E-state index in [2.05, 4.69) is 31.9 Å². The van der Waals surface area contributed by atoms with Crippen LogP contribution in [0.1, 0.15) is 10.4 Å². The highest BCUT2D eigenvalue weighted by Crippen LogP contribution is 2.26. The van der Waals surface area contributed by atoms with Gasteiger partial charge in [0.2, 0.25) is 5.91 Å². The number of nitrogens with zero attached hydrogens (tertiary/aromatic N) is 3. The molecule has 3 aromatic carbocycles. The van der Waals surface area contributed by atoms with Crippen LogP contribution in [0.5, 0.6) is 0 Å². The molecule has 1 fully saturated rings. The Morgan fingerprint density at radius 3 is 2.03 bits per heavy atom. The average molecular weight is 415 g/mol. The van der Waals surface area contributed by atoms with Crippen LogP contribution in [-0.2, 0) is 0 Å². The summed E-state index contributed by atoms with van der Waals surface area (Å²) in [5, 5.41) is 0. The zero-order valence-corrected chi connectivity index (χ0v) is 16.9. The Morgan fingerprint density at radius 1 is 0.871 bits per heavy atom. The van der Waals surface area contributed by atoms with Crippen molar-refractivity contribution in [2.45, 2.75) is 0 Å². The number of hydrogen-bond donors (Lipinski definition) is 2. The van der Waals surface area contributed by atoms with Gasteiger partial charge in [-0.1, -0.05) is 0 Å². The Morgan fingerprint density at radius 2 is 1.45 bits per heavy atom. The first-order valence-corrected chi connectivity index (χ1v) is 10.2. The predicted octanol–water partition coefficient (Wildman–Crippen LogP) is 3.79. The van der Waals surface area contributed by atoms with Crippen LogP contribution in [0.3, 0.4) is 0 Å². The fourth-order valence-corrected chi connectivity index (χ4v) is 4.00. The van der Waals surface area contributed by atoms with Crippen molar-refractivity contribution in [1.82, 2.24) is 9.97 Å². The SMILES string of the molecule is NC(=O)c1ccc2nc(-c3ccc(N4CCN(c5ccc(F)cc5)CC4)cc3)[nH]c2c1. The number of anilines is 2. The molecule has 1 aromatic heterocycles. The molecule has 0 unspecified atom stereocenters. The number of nitrogens with one attached hydrogen (secondary N) is 1. The summed E-state index contributed by atoms with van der Waals surface area (Å²) in [5.74, 6) is 0.0893. The van der Waals surface area contributed by atoms with Gasteiger partial charge in [-0.15, -0.1) is 0 Å². The maximum absolute atomic E-state index is 13.2. The van der Waals surface area contributed by atoms with E-state index in [9.17, 15) is 9.18 Å². The molecule has 1 aliphatic rings. The number of fused-ring (bicyclic) bond motifs is 1. The molecule has 1 aliphatic heterocycles. The second kappa shape index (κ2) is 7.75. The van der Waals surface area contributed by atoms with Crippen LogP contribution in [0.25, 0.3) is 22.4 Å². The summed E-state index contributed by atoms with van der Waals surface area (Å²) in [6.45, 7) is 3.58. The minimum absolute atomic E-state index is 0.208. The van der Waals surface area contributed by atoms with Gasteiger partial charge in [0.1, 0.15) is 11.6 Å². The Kier molecular flexibility index (Phi) is 4.78. The quantitative estimate of drug-likeness (QED) is 0.532. The number of carbonyl (C=O) groups excluding carboxylic acids is 1. The molecule has 0 bridgehead atoms. The Bertz CT molecular complexity index is 1230. The largest absolute Gasteiger partial charge is 0.368 e. The minimum Gasteiger partial charge on any atom is -0.368 e. The summed E-state index contributed by atoms with van der Waals surface area (Å²) in [6.07, 6.45) is 0. The number of rotatable bonds is 4. The van der Waals surface area contributed by atoms with Crippen molar-refractivity contribution in [3.63, 3.8) is 0 Å². The van der Waals surface area contributed by atoms with E-state index >= 15 is 0 Å². The van der Waals surface area contributed by atoms with Gasteiger partial charge in [-0.3, -0.25) is 4.79 Å². The number of amides is 1. The lowest BCUT2D eigenvalue weighted by molar-refractivity contribution is 0.100. The second-order valence-corrected chi connectivity index (χ2v) is 7.68. The standard InChI is InChI=1S/C24H22FN5O/c25-18-4-8-20(9-5-18)30-13-11-29(12-14-30)19-6-1-16(2-7-19)24-27-21-10-3-17(23(26)31)15-22(21)28-24/h1-10,15H,11-14H2,(H2,26,31)(H,27,28). The van der Waals surface area contributed by atoms with E-state index in [1.54, 1.807) is 18.2 Å². The van der Waals surface area contributed by atoms with Gasteiger partial charge in [0.25, 0.3) is 0 Å². The van der Waals surface area contributed by atoms with Crippen LogP contribution in [0.4, 0.5) is 15.8 Å². The third-order valence-electron chi connectivity index (χ3n) is 5.74. The summed E-state index contributed by atoms with van der Waals surface area (Å²) in [4.78, 5) is 23.9. The number of carbonyl (C=O) groups is 1. The number of primary amides is 1. The molecule has 31 heavy (non-hydrogen) atoms. The smallest absolute Gasteiger partial charge is 0.248 e. The fraction of sp³-hybridized carbons (Fsp3) is 0.167. The molecule has 0 spiro atoms. The normalized spacial score (nSPS) is 14.2. The molecule has 2 heterocycles. The lowest BCUT2D eigenvalue weighted by atomic mass is 10.1. The number of halogens is 1. The van der Waals surface area contributed by atoms with Gasteiger partial charge < -0.3 is 20.5 Å². The zero-order chi connectivity index (χ0) is 21.4. The predicted molar refractivity (Wildman–Crippen MR) is 121 cm³/mol. The van der Waals surface area contributed by atoms with E-state index in [-0.39, 0.29) is 5.82 Å². The summed E-state index contributed by atoms with van der Waals surface area (Å²) in [5.41, 5.74) is 10.6. The van der Waals surface area contributed by atoms with Crippen LogP contribution in [0.15, 0.2) is 66.7 Å². The van der Waals surface area contributed by atoms with E-state index < -0.39 is 5.91 Å². The number of imidazole rings is 1. The number of aromatic nitrogens is 2. The van der Waals surface area contributed by atoms with E-state index in [1.807, 2.05) is 24.3 Å². The van der Waals surface area contributed by atoms with E-state index in [1.165, 1.54) is 12.1 Å². The highest BCUT2D eigenvalue weighted by atomic mass is 19.1. The highest BCUT2D eigenvalue weighted by molar-refractivity contribution is 5.96. The van der Waals surface area contributed by atoms with Gasteiger partial charge in [-0.2, -0.15) is 0 Å². The highest BCUT2D eigenvalue weighted by Gasteiger charge is 2.18. The lowest BCUT2D eigenvalue weighted by Crippen LogP contribution is -2.46. The van der Waals surface area contributed by atoms with Crippen molar-refractivity contribution in [2.24, 2.45) is 5.73 Å². The van der Waals surface area contributed by atoms with Crippen LogP contribution in [0, 0.1) is 5.82 Å². The van der Waals surface area contributed by atoms with Crippen molar-refractivity contribution in [3.8, 4) is 11.4 Å². The third-order valence-corrected chi connectivity index (χ3v) is 5.74. The molecule has 6 nitrogen and oxygen atoms in total. The number of nitrogens with two attached hydrogens (primary N) is 1. The van der Waals surface area contributed by atoms with Gasteiger partial charge >= 0.3 is 0 Å². The molecule has 4 aromatic rings. The lowest BCUT2D eigenvalue weighted by Gasteiger charge is -2.37. The van der Waals surface area contributed by atoms with Crippen molar-refractivity contribution in [1.29, 1.82) is 0 Å². The van der Waals surface area contributed by atoms with Crippen molar-refractivity contribution in [2.75, 3.05) is 36.0 Å². The van der Waals surface area contributed by atoms with Gasteiger partial charge in [-0.05, 0) is 66.7 Å². The monoisotopic (exact) mass is 415 g/mol. The summed E-state index contributed by atoms with van der Waals surface area (Å²) >= 11 is 0. The van der Waals surface area contributed by atoms with Gasteiger partial charge in [0.15, 0.2) is 0 Å². The molecule has 7 heteroatoms. The first kappa shape index (κ1) is 19.1. The van der Waals surface area contributed by atoms with Crippen molar-refractivity contribution >= 4 is 28.3 Å². The molecular formula is C24H22FN5O. The summed E-state index contributed by atoms with van der Waals surface area (Å²) in [6, 6.07) is 20.2. The van der Waals surface area contributed by atoms with Gasteiger partial charge in [0.05, 0.1) is 11.0 Å². The Balaban J connectivity index is 1.29. The number of H-pyrrole nitrogens is 1. The van der Waals surface area contributed by atoms with E-state index in [0.29, 0.717) is 5.56 Å². The number of aromatic amines is 1. The summed E-state index contributed by atoms with van der Waals surface area (Å²) < 4.78 is 13.2. The minimum atomic E-state index is -0.457. The molecule has 3 N–H and O–H groups in total. The molecule has 156 valence electrons. The molecule has 0 saturated carbocycles. The molecule has 5 rings (SSSR count). The number of piperazine rings is 1. The van der Waals surface area contributed by atoms with Crippen LogP contribution in [0.2, 0.25) is 0 Å².